The van der Waals surface area contributed by atoms with Crippen molar-refractivity contribution in [3.05, 3.63) is 30.0 Å². The number of benzene rings is 1. The van der Waals surface area contributed by atoms with E-state index in [1.807, 2.05) is 23.1 Å². The normalized spacial score (nSPS) is 19.6. The summed E-state index contributed by atoms with van der Waals surface area (Å²) >= 11 is 0. The molecule has 5 nitrogen and oxygen atoms in total. The molecule has 2 heterocycles. The van der Waals surface area contributed by atoms with Gasteiger partial charge in [0.15, 0.2) is 0 Å². The van der Waals surface area contributed by atoms with E-state index in [9.17, 15) is 4.79 Å². The quantitative estimate of drug-likeness (QED) is 0.830. The van der Waals surface area contributed by atoms with E-state index in [2.05, 4.69) is 10.2 Å². The zero-order chi connectivity index (χ0) is 12.5. The molecule has 1 atom stereocenters. The van der Waals surface area contributed by atoms with Gasteiger partial charge in [-0.25, -0.2) is 0 Å². The van der Waals surface area contributed by atoms with Crippen molar-refractivity contribution in [3.8, 4) is 0 Å². The molecule has 0 spiro atoms. The molecule has 0 bridgehead atoms. The minimum Gasteiger partial charge on any atom is -0.396 e. The van der Waals surface area contributed by atoms with Gasteiger partial charge >= 0.3 is 0 Å². The smallest absolute Gasteiger partial charge is 0.253 e. The fraction of sp³-hybridized carbons (Fsp3) is 0.385. The lowest BCUT2D eigenvalue weighted by atomic mass is 10.1. The van der Waals surface area contributed by atoms with Gasteiger partial charge in [0, 0.05) is 36.6 Å². The molecule has 2 N–H and O–H groups in total. The summed E-state index contributed by atoms with van der Waals surface area (Å²) < 4.78 is 0. The van der Waals surface area contributed by atoms with Crippen molar-refractivity contribution < 1.29 is 9.90 Å². The van der Waals surface area contributed by atoms with Crippen molar-refractivity contribution in [2.24, 2.45) is 5.92 Å². The molecule has 1 saturated heterocycles. The van der Waals surface area contributed by atoms with E-state index in [4.69, 9.17) is 5.11 Å². The van der Waals surface area contributed by atoms with Gasteiger partial charge in [0.05, 0.1) is 11.7 Å². The van der Waals surface area contributed by atoms with Gasteiger partial charge < -0.3 is 10.0 Å². The molecular weight excluding hydrogens is 230 g/mol. The molecule has 0 aliphatic carbocycles. The van der Waals surface area contributed by atoms with Crippen molar-refractivity contribution in [2.75, 3.05) is 19.7 Å². The van der Waals surface area contributed by atoms with Crippen LogP contribution in [0.3, 0.4) is 0 Å². The predicted octanol–water partition coefficient (Wildman–Crippen LogP) is 1.02. The molecule has 1 aromatic carbocycles. The van der Waals surface area contributed by atoms with Crippen LogP contribution in [0.2, 0.25) is 0 Å². The van der Waals surface area contributed by atoms with Crippen LogP contribution in [-0.2, 0) is 0 Å². The van der Waals surface area contributed by atoms with Crippen LogP contribution in [0.25, 0.3) is 10.9 Å². The Hall–Kier alpha value is -1.88. The van der Waals surface area contributed by atoms with Gasteiger partial charge in [-0.05, 0) is 24.6 Å². The van der Waals surface area contributed by atoms with Gasteiger partial charge in [-0.15, -0.1) is 0 Å². The van der Waals surface area contributed by atoms with Crippen LogP contribution in [0.15, 0.2) is 24.4 Å². The first-order valence-electron chi connectivity index (χ1n) is 6.11. The summed E-state index contributed by atoms with van der Waals surface area (Å²) in [6.45, 7) is 1.54. The second-order valence-electron chi connectivity index (χ2n) is 4.76. The van der Waals surface area contributed by atoms with E-state index in [1.54, 1.807) is 6.20 Å². The largest absolute Gasteiger partial charge is 0.396 e. The predicted molar refractivity (Wildman–Crippen MR) is 67.2 cm³/mol. The van der Waals surface area contributed by atoms with Crippen LogP contribution in [0, 0.1) is 5.92 Å². The molecule has 1 unspecified atom stereocenters. The Morgan fingerprint density at radius 1 is 1.56 bits per heavy atom. The highest BCUT2D eigenvalue weighted by Crippen LogP contribution is 2.20. The molecule has 1 fully saturated rings. The Bertz CT molecular complexity index is 578. The van der Waals surface area contributed by atoms with Crippen LogP contribution in [0.4, 0.5) is 0 Å². The average molecular weight is 245 g/mol. The number of likely N-dealkylation sites (tertiary alicyclic amines) is 1. The fourth-order valence-corrected chi connectivity index (χ4v) is 2.42. The van der Waals surface area contributed by atoms with E-state index >= 15 is 0 Å². The Morgan fingerprint density at radius 3 is 3.22 bits per heavy atom. The number of aliphatic hydroxyl groups excluding tert-OH is 1. The van der Waals surface area contributed by atoms with E-state index in [-0.39, 0.29) is 18.4 Å². The molecule has 1 aromatic heterocycles. The monoisotopic (exact) mass is 245 g/mol. The molecule has 0 saturated carbocycles. The number of nitrogens with one attached hydrogen (secondary N) is 1. The summed E-state index contributed by atoms with van der Waals surface area (Å²) in [7, 11) is 0. The third-order valence-corrected chi connectivity index (χ3v) is 3.52. The highest BCUT2D eigenvalue weighted by molar-refractivity contribution is 5.98. The maximum absolute atomic E-state index is 12.3. The number of aromatic nitrogens is 2. The Balaban J connectivity index is 1.83. The molecule has 1 aliphatic rings. The minimum atomic E-state index is 0.0362. The Labute approximate surface area is 104 Å². The van der Waals surface area contributed by atoms with Gasteiger partial charge in [0.25, 0.3) is 5.91 Å². The van der Waals surface area contributed by atoms with E-state index < -0.39 is 0 Å². The Kier molecular flexibility index (Phi) is 2.76. The molecule has 2 aromatic rings. The highest BCUT2D eigenvalue weighted by atomic mass is 16.3. The van der Waals surface area contributed by atoms with Crippen molar-refractivity contribution in [1.29, 1.82) is 0 Å². The van der Waals surface area contributed by atoms with Gasteiger partial charge in [0.1, 0.15) is 0 Å². The van der Waals surface area contributed by atoms with Crippen molar-refractivity contribution in [1.82, 2.24) is 15.1 Å². The maximum Gasteiger partial charge on any atom is 0.253 e. The van der Waals surface area contributed by atoms with Gasteiger partial charge in [-0.1, -0.05) is 0 Å². The molecule has 3 rings (SSSR count). The minimum absolute atomic E-state index is 0.0362. The van der Waals surface area contributed by atoms with Gasteiger partial charge in [-0.2, -0.15) is 5.10 Å². The van der Waals surface area contributed by atoms with Crippen LogP contribution >= 0.6 is 0 Å². The third kappa shape index (κ3) is 1.86. The molecule has 18 heavy (non-hydrogen) atoms. The number of hydrogen-bond acceptors (Lipinski definition) is 3. The average Bonchev–Trinajstić information content (AvgIpc) is 3.05. The number of fused-ring (bicyclic) bond motifs is 1. The van der Waals surface area contributed by atoms with Gasteiger partial charge in [0.2, 0.25) is 0 Å². The fourth-order valence-electron chi connectivity index (χ4n) is 2.42. The number of hydrogen-bond donors (Lipinski definition) is 2. The summed E-state index contributed by atoms with van der Waals surface area (Å²) in [6.07, 6.45) is 2.60. The van der Waals surface area contributed by atoms with Gasteiger partial charge in [-0.3, -0.25) is 9.89 Å². The first kappa shape index (κ1) is 11.2. The SMILES string of the molecule is O=C(c1ccc2[nH]ncc2c1)N1CCC(CO)C1. The summed E-state index contributed by atoms with van der Waals surface area (Å²) in [5, 5.41) is 16.8. The molecule has 5 heteroatoms. The number of nitrogens with zero attached hydrogens (tertiary/aromatic N) is 2. The van der Waals surface area contributed by atoms with Crippen LogP contribution in [0.5, 0.6) is 0 Å². The number of carbonyl (C=O) groups excluding carboxylic acids is 1. The molecule has 94 valence electrons. The number of H-pyrrole nitrogens is 1. The zero-order valence-corrected chi connectivity index (χ0v) is 9.97. The first-order chi connectivity index (χ1) is 8.78. The van der Waals surface area contributed by atoms with Crippen LogP contribution in [-0.4, -0.2) is 45.8 Å². The molecular formula is C13H15N3O2. The number of aliphatic hydroxyl groups is 1. The first-order valence-corrected chi connectivity index (χ1v) is 6.11. The number of rotatable bonds is 2. The molecule has 1 aliphatic heterocycles. The van der Waals surface area contributed by atoms with Crippen molar-refractivity contribution in [2.45, 2.75) is 6.42 Å². The van der Waals surface area contributed by atoms with Crippen molar-refractivity contribution in [3.63, 3.8) is 0 Å². The van der Waals surface area contributed by atoms with Crippen LogP contribution < -0.4 is 0 Å². The lowest BCUT2D eigenvalue weighted by molar-refractivity contribution is 0.0782. The van der Waals surface area contributed by atoms with E-state index in [0.29, 0.717) is 12.1 Å². The summed E-state index contributed by atoms with van der Waals surface area (Å²) in [5.74, 6) is 0.264. The maximum atomic E-state index is 12.3. The second kappa shape index (κ2) is 4.42. The zero-order valence-electron chi connectivity index (χ0n) is 9.97. The lowest BCUT2D eigenvalue weighted by Gasteiger charge is -2.16. The highest BCUT2D eigenvalue weighted by Gasteiger charge is 2.26. The lowest BCUT2D eigenvalue weighted by Crippen LogP contribution is -2.29. The molecule has 1 amide bonds. The van der Waals surface area contributed by atoms with E-state index in [1.165, 1.54) is 0 Å². The number of aromatic amines is 1. The van der Waals surface area contributed by atoms with Crippen molar-refractivity contribution >= 4 is 16.8 Å². The summed E-state index contributed by atoms with van der Waals surface area (Å²) in [5.41, 5.74) is 1.61. The number of carbonyl (C=O) groups is 1. The van der Waals surface area contributed by atoms with E-state index in [0.717, 1.165) is 23.9 Å². The van der Waals surface area contributed by atoms with Crippen LogP contribution in [0.1, 0.15) is 16.8 Å². The Morgan fingerprint density at radius 2 is 2.44 bits per heavy atom. The summed E-state index contributed by atoms with van der Waals surface area (Å²) in [6, 6.07) is 5.54. The molecule has 0 radical (unpaired) electrons. The summed E-state index contributed by atoms with van der Waals surface area (Å²) in [4.78, 5) is 14.1. The number of amides is 1. The second-order valence-corrected chi connectivity index (χ2v) is 4.76. The standard InChI is InChI=1S/C13H15N3O2/c17-8-9-3-4-16(7-9)13(18)10-1-2-12-11(5-10)6-14-15-12/h1-2,5-6,9,17H,3-4,7-8H2,(H,14,15). The topological polar surface area (TPSA) is 69.2 Å². The third-order valence-electron chi connectivity index (χ3n) is 3.52.